The first-order valence-electron chi connectivity index (χ1n) is 16.9. The Morgan fingerprint density at radius 1 is 0.735 bits per heavy atom. The molecule has 0 aliphatic carbocycles. The third kappa shape index (κ3) is 5.95. The number of fused-ring (bicyclic) bond motifs is 4. The molecular formula is C35H37N11S3. The lowest BCUT2D eigenvalue weighted by molar-refractivity contribution is 0.352. The molecule has 8 aromatic rings. The Hall–Kier alpha value is -4.08. The maximum absolute atomic E-state index is 4.90. The van der Waals surface area contributed by atoms with Crippen LogP contribution in [0.15, 0.2) is 49.2 Å². The van der Waals surface area contributed by atoms with Crippen LogP contribution >= 0.6 is 34.0 Å². The summed E-state index contributed by atoms with van der Waals surface area (Å²) in [5, 5.41) is 13.5. The van der Waals surface area contributed by atoms with Gasteiger partial charge in [-0.25, -0.2) is 29.6 Å². The number of nitrogens with one attached hydrogen (secondary N) is 2. The molecule has 2 N–H and O–H groups in total. The van der Waals surface area contributed by atoms with Crippen LogP contribution in [0.2, 0.25) is 0 Å². The minimum absolute atomic E-state index is 0.459. The third-order valence-corrected chi connectivity index (χ3v) is 12.9. The van der Waals surface area contributed by atoms with Crippen molar-refractivity contribution in [2.24, 2.45) is 0 Å². The lowest BCUT2D eigenvalue weighted by Gasteiger charge is -2.22. The van der Waals surface area contributed by atoms with E-state index in [0.29, 0.717) is 12.0 Å². The number of aryl methyl sites for hydroxylation is 3. The Labute approximate surface area is 295 Å². The molecule has 2 saturated heterocycles. The van der Waals surface area contributed by atoms with Crippen LogP contribution < -0.4 is 10.6 Å². The molecule has 11 nitrogen and oxygen atoms in total. The summed E-state index contributed by atoms with van der Waals surface area (Å²) in [7, 11) is 0. The van der Waals surface area contributed by atoms with Gasteiger partial charge in [-0.3, -0.25) is 0 Å². The number of nitrogens with zero attached hydrogens (tertiary/aromatic N) is 9. The van der Waals surface area contributed by atoms with Crippen molar-refractivity contribution in [2.75, 3.05) is 26.2 Å². The molecule has 14 heteroatoms. The first-order chi connectivity index (χ1) is 23.9. The van der Waals surface area contributed by atoms with Crippen molar-refractivity contribution in [3.8, 4) is 21.3 Å². The van der Waals surface area contributed by atoms with Crippen LogP contribution in [-0.4, -0.2) is 69.7 Å². The van der Waals surface area contributed by atoms with Crippen molar-refractivity contribution in [2.45, 2.75) is 58.4 Å². The third-order valence-electron chi connectivity index (χ3n) is 9.41. The van der Waals surface area contributed by atoms with Crippen LogP contribution in [0.25, 0.3) is 52.4 Å². The van der Waals surface area contributed by atoms with Gasteiger partial charge in [0.1, 0.15) is 36.5 Å². The zero-order valence-electron chi connectivity index (χ0n) is 27.7. The van der Waals surface area contributed by atoms with E-state index in [0.717, 1.165) is 99.0 Å². The second-order valence-corrected chi connectivity index (χ2v) is 16.1. The molecule has 0 radical (unpaired) electrons. The van der Waals surface area contributed by atoms with Crippen LogP contribution in [0.4, 0.5) is 0 Å². The minimum atomic E-state index is 0.459. The Morgan fingerprint density at radius 2 is 1.51 bits per heavy atom. The molecule has 2 fully saturated rings. The molecule has 2 aliphatic heterocycles. The van der Waals surface area contributed by atoms with E-state index in [1.165, 1.54) is 27.2 Å². The number of hydrogen-bond acceptors (Lipinski definition) is 11. The van der Waals surface area contributed by atoms with Crippen LogP contribution in [0.5, 0.6) is 0 Å². The first-order valence-corrected chi connectivity index (χ1v) is 19.3. The maximum Gasteiger partial charge on any atom is 0.158 e. The van der Waals surface area contributed by atoms with E-state index < -0.39 is 0 Å². The standard InChI is InChI=1S/C18H18N4S2.C17H19N7S/c1-11-9-22-10-13(2-3-16(22)20-11)17-21-18-15(24-17)8-14(23-18)12-4-6-19-7-5-12;1-10-8-23-9-14(21-11(2)15(23)20-10)16-22-13-7-19-24(17(13)25-16)12-3-5-18-6-4-12/h2-3,8-10,12,19H,4-7H2,1H3;7-9,12,18H,3-6H2,1-2H3. The Morgan fingerprint density at radius 3 is 2.33 bits per heavy atom. The second-order valence-electron chi connectivity index (χ2n) is 13.0. The number of pyridine rings is 1. The van der Waals surface area contributed by atoms with Gasteiger partial charge in [-0.2, -0.15) is 5.10 Å². The highest BCUT2D eigenvalue weighted by Crippen LogP contribution is 2.40. The molecule has 0 saturated carbocycles. The zero-order chi connectivity index (χ0) is 33.1. The lowest BCUT2D eigenvalue weighted by atomic mass is 9.97. The van der Waals surface area contributed by atoms with Crippen molar-refractivity contribution in [1.29, 1.82) is 0 Å². The molecule has 49 heavy (non-hydrogen) atoms. The fourth-order valence-corrected chi connectivity index (χ4v) is 10.4. The SMILES string of the molecule is Cc1cn2cc(-c3nc4cnn(C5CCNCC5)c4s3)nc(C)c2n1.Cc1cn2cc(-c3nc4sc(C5CCNCC5)cc4s3)ccc2n1. The number of hydrogen-bond donors (Lipinski definition) is 2. The van der Waals surface area contributed by atoms with Gasteiger partial charge in [0.15, 0.2) is 5.65 Å². The number of aromatic nitrogens is 9. The number of imidazole rings is 2. The van der Waals surface area contributed by atoms with Gasteiger partial charge in [0.25, 0.3) is 0 Å². The topological polar surface area (TPSA) is 115 Å². The van der Waals surface area contributed by atoms with Crippen molar-refractivity contribution < 1.29 is 0 Å². The molecule has 0 unspecified atom stereocenters. The molecule has 0 atom stereocenters. The number of rotatable bonds is 4. The largest absolute Gasteiger partial charge is 0.317 e. The van der Waals surface area contributed by atoms with E-state index in [-0.39, 0.29) is 0 Å². The van der Waals surface area contributed by atoms with Crippen LogP contribution in [0.3, 0.4) is 0 Å². The molecule has 0 spiro atoms. The summed E-state index contributed by atoms with van der Waals surface area (Å²) in [6, 6.07) is 7.02. The van der Waals surface area contributed by atoms with Crippen molar-refractivity contribution >= 4 is 65.2 Å². The van der Waals surface area contributed by atoms with Gasteiger partial charge >= 0.3 is 0 Å². The molecule has 250 valence electrons. The highest BCUT2D eigenvalue weighted by atomic mass is 32.1. The van der Waals surface area contributed by atoms with Gasteiger partial charge in [-0.15, -0.1) is 22.7 Å². The molecule has 0 amide bonds. The van der Waals surface area contributed by atoms with Gasteiger partial charge in [-0.1, -0.05) is 11.3 Å². The molecule has 0 bridgehead atoms. The fraction of sp³-hybridized carbons (Fsp3) is 0.371. The van der Waals surface area contributed by atoms with Gasteiger partial charge in [0.2, 0.25) is 0 Å². The zero-order valence-corrected chi connectivity index (χ0v) is 30.1. The number of thiophene rings is 1. The summed E-state index contributed by atoms with van der Waals surface area (Å²) in [6.07, 6.45) is 14.8. The monoisotopic (exact) mass is 707 g/mol. The van der Waals surface area contributed by atoms with Gasteiger partial charge in [0.05, 0.1) is 34.0 Å². The van der Waals surface area contributed by atoms with Crippen molar-refractivity contribution in [3.63, 3.8) is 0 Å². The average molecular weight is 708 g/mol. The fourth-order valence-electron chi connectivity index (χ4n) is 6.97. The first kappa shape index (κ1) is 30.9. The highest BCUT2D eigenvalue weighted by Gasteiger charge is 2.22. The highest BCUT2D eigenvalue weighted by molar-refractivity contribution is 7.28. The minimum Gasteiger partial charge on any atom is -0.317 e. The average Bonchev–Trinajstić information content (AvgIpc) is 3.95. The Kier molecular flexibility index (Phi) is 8.00. The molecule has 2 aliphatic rings. The van der Waals surface area contributed by atoms with Crippen LogP contribution in [0, 0.1) is 20.8 Å². The van der Waals surface area contributed by atoms with Crippen LogP contribution in [-0.2, 0) is 0 Å². The van der Waals surface area contributed by atoms with E-state index in [1.807, 2.05) is 55.1 Å². The van der Waals surface area contributed by atoms with Crippen molar-refractivity contribution in [3.05, 3.63) is 71.1 Å². The second kappa shape index (κ2) is 12.7. The molecular weight excluding hydrogens is 671 g/mol. The smallest absolute Gasteiger partial charge is 0.158 e. The van der Waals surface area contributed by atoms with E-state index in [9.17, 15) is 0 Å². The maximum atomic E-state index is 4.90. The molecule has 10 heterocycles. The molecule has 10 rings (SSSR count). The summed E-state index contributed by atoms with van der Waals surface area (Å²) in [5.41, 5.74) is 7.86. The van der Waals surface area contributed by atoms with E-state index >= 15 is 0 Å². The summed E-state index contributed by atoms with van der Waals surface area (Å²) in [5.74, 6) is 0.714. The number of piperidine rings is 2. The Balaban J connectivity index is 0.000000133. The summed E-state index contributed by atoms with van der Waals surface area (Å²) in [6.45, 7) is 10.4. The lowest BCUT2D eigenvalue weighted by Crippen LogP contribution is -2.29. The summed E-state index contributed by atoms with van der Waals surface area (Å²) < 4.78 is 7.61. The predicted octanol–water partition coefficient (Wildman–Crippen LogP) is 7.19. The van der Waals surface area contributed by atoms with E-state index in [2.05, 4.69) is 65.4 Å². The quantitative estimate of drug-likeness (QED) is 0.198. The van der Waals surface area contributed by atoms with Gasteiger partial charge in [0, 0.05) is 35.2 Å². The van der Waals surface area contributed by atoms with E-state index in [1.54, 1.807) is 22.7 Å². The Bertz CT molecular complexity index is 2400. The van der Waals surface area contributed by atoms with E-state index in [4.69, 9.17) is 15.0 Å². The van der Waals surface area contributed by atoms with Crippen molar-refractivity contribution in [1.82, 2.24) is 54.1 Å². The number of thiazole rings is 2. The molecule has 8 aromatic heterocycles. The van der Waals surface area contributed by atoms with Crippen LogP contribution in [0.1, 0.15) is 59.6 Å². The summed E-state index contributed by atoms with van der Waals surface area (Å²) >= 11 is 5.35. The normalized spacial score (nSPS) is 16.3. The molecule has 0 aromatic carbocycles. The predicted molar refractivity (Wildman–Crippen MR) is 199 cm³/mol. The van der Waals surface area contributed by atoms with Gasteiger partial charge in [-0.05, 0) is 96.8 Å². The summed E-state index contributed by atoms with van der Waals surface area (Å²) in [4.78, 5) is 27.2. The van der Waals surface area contributed by atoms with Gasteiger partial charge < -0.3 is 19.4 Å².